The number of allylic oxidation sites excluding steroid dienone is 1. The van der Waals surface area contributed by atoms with Crippen LogP contribution in [0.5, 0.6) is 0 Å². The van der Waals surface area contributed by atoms with Crippen molar-refractivity contribution in [3.63, 3.8) is 0 Å². The van der Waals surface area contributed by atoms with Crippen LogP contribution in [0.15, 0.2) is 42.1 Å². The van der Waals surface area contributed by atoms with Gasteiger partial charge in [0.1, 0.15) is 6.54 Å². The van der Waals surface area contributed by atoms with Gasteiger partial charge >= 0.3 is 0 Å². The minimum Gasteiger partial charge on any atom is -0.354 e. The Morgan fingerprint density at radius 3 is 2.91 bits per heavy atom. The first-order valence-corrected chi connectivity index (χ1v) is 8.25. The standard InChI is InChI=1S/C19H22N2O2/c22-14-16-12-21(18-9-5-4-8-17(16)18)13-19(23)20-11-10-15-6-2-1-3-7-15/h4-6,8-9,12,14H,1-3,7,10-11,13H2,(H,20,23). The molecule has 0 radical (unpaired) electrons. The minimum absolute atomic E-state index is 0.0142. The van der Waals surface area contributed by atoms with Crippen LogP contribution in [0.1, 0.15) is 42.5 Å². The van der Waals surface area contributed by atoms with Crippen LogP contribution in [0.2, 0.25) is 0 Å². The first kappa shape index (κ1) is 15.5. The number of nitrogens with one attached hydrogen (secondary N) is 1. The van der Waals surface area contributed by atoms with Crippen LogP contribution in [-0.2, 0) is 11.3 Å². The van der Waals surface area contributed by atoms with E-state index in [1.807, 2.05) is 28.8 Å². The van der Waals surface area contributed by atoms with Crippen molar-refractivity contribution in [2.24, 2.45) is 0 Å². The maximum absolute atomic E-state index is 12.2. The number of carbonyl (C=O) groups excluding carboxylic acids is 2. The molecule has 1 amide bonds. The quantitative estimate of drug-likeness (QED) is 0.656. The van der Waals surface area contributed by atoms with Crippen molar-refractivity contribution >= 4 is 23.1 Å². The van der Waals surface area contributed by atoms with Gasteiger partial charge in [0.05, 0.1) is 0 Å². The highest BCUT2D eigenvalue weighted by Crippen LogP contribution is 2.20. The van der Waals surface area contributed by atoms with Crippen molar-refractivity contribution in [1.82, 2.24) is 9.88 Å². The molecule has 1 aromatic heterocycles. The summed E-state index contributed by atoms with van der Waals surface area (Å²) in [6, 6.07) is 7.66. The van der Waals surface area contributed by atoms with Gasteiger partial charge in [-0.2, -0.15) is 0 Å². The molecule has 0 spiro atoms. The summed E-state index contributed by atoms with van der Waals surface area (Å²) in [6.45, 7) is 0.928. The first-order chi connectivity index (χ1) is 11.3. The zero-order valence-electron chi connectivity index (χ0n) is 13.3. The Balaban J connectivity index is 1.59. The zero-order chi connectivity index (χ0) is 16.1. The van der Waals surface area contributed by atoms with Crippen molar-refractivity contribution in [1.29, 1.82) is 0 Å². The van der Waals surface area contributed by atoms with Crippen LogP contribution < -0.4 is 5.32 Å². The van der Waals surface area contributed by atoms with Gasteiger partial charge in [-0.1, -0.05) is 29.8 Å². The number of nitrogens with zero attached hydrogens (tertiary/aromatic N) is 1. The van der Waals surface area contributed by atoms with E-state index in [-0.39, 0.29) is 12.5 Å². The Bertz CT molecular complexity index is 743. The third-order valence-electron chi connectivity index (χ3n) is 4.41. The second kappa shape index (κ2) is 7.27. The van der Waals surface area contributed by atoms with Gasteiger partial charge in [0.25, 0.3) is 0 Å². The van der Waals surface area contributed by atoms with Crippen LogP contribution in [0.4, 0.5) is 0 Å². The van der Waals surface area contributed by atoms with E-state index in [1.54, 1.807) is 6.20 Å². The normalized spacial score (nSPS) is 14.5. The predicted octanol–water partition coefficient (Wildman–Crippen LogP) is 3.46. The number of aromatic nitrogens is 1. The van der Waals surface area contributed by atoms with Crippen molar-refractivity contribution in [3.05, 3.63) is 47.7 Å². The molecular formula is C19H22N2O2. The van der Waals surface area contributed by atoms with E-state index in [9.17, 15) is 9.59 Å². The number of fused-ring (bicyclic) bond motifs is 1. The zero-order valence-corrected chi connectivity index (χ0v) is 13.3. The molecule has 1 heterocycles. The van der Waals surface area contributed by atoms with Crippen LogP contribution in [0, 0.1) is 0 Å². The molecule has 1 aromatic carbocycles. The molecule has 4 heteroatoms. The van der Waals surface area contributed by atoms with Gasteiger partial charge in [0.15, 0.2) is 6.29 Å². The van der Waals surface area contributed by atoms with E-state index >= 15 is 0 Å². The fourth-order valence-electron chi connectivity index (χ4n) is 3.20. The SMILES string of the molecule is O=Cc1cn(CC(=O)NCCC2=CCCCC2)c2ccccc12. The molecule has 3 rings (SSSR count). The number of amides is 1. The number of benzene rings is 1. The van der Waals surface area contributed by atoms with Gasteiger partial charge in [-0.05, 0) is 38.2 Å². The lowest BCUT2D eigenvalue weighted by atomic mass is 9.97. The summed E-state index contributed by atoms with van der Waals surface area (Å²) in [6.07, 6.45) is 10.7. The number of hydrogen-bond donors (Lipinski definition) is 1. The van der Waals surface area contributed by atoms with E-state index in [1.165, 1.54) is 31.3 Å². The molecule has 0 saturated heterocycles. The average molecular weight is 310 g/mol. The summed E-state index contributed by atoms with van der Waals surface area (Å²) < 4.78 is 1.84. The molecule has 1 aliphatic carbocycles. The Morgan fingerprint density at radius 2 is 2.13 bits per heavy atom. The fraction of sp³-hybridized carbons (Fsp3) is 0.368. The maximum atomic E-state index is 12.2. The molecule has 0 bridgehead atoms. The highest BCUT2D eigenvalue weighted by atomic mass is 16.2. The Hall–Kier alpha value is -2.36. The Kier molecular flexibility index (Phi) is 4.91. The van der Waals surface area contributed by atoms with Crippen molar-refractivity contribution < 1.29 is 9.59 Å². The molecule has 0 fully saturated rings. The van der Waals surface area contributed by atoms with Crippen molar-refractivity contribution in [2.75, 3.05) is 6.54 Å². The monoisotopic (exact) mass is 310 g/mol. The molecule has 1 aliphatic rings. The molecule has 2 aromatic rings. The highest BCUT2D eigenvalue weighted by molar-refractivity contribution is 5.98. The van der Waals surface area contributed by atoms with Gasteiger partial charge in [0.2, 0.25) is 5.91 Å². The largest absolute Gasteiger partial charge is 0.354 e. The number of para-hydroxylation sites is 1. The summed E-state index contributed by atoms with van der Waals surface area (Å²) in [7, 11) is 0. The second-order valence-electron chi connectivity index (χ2n) is 6.06. The molecule has 0 unspecified atom stereocenters. The summed E-state index contributed by atoms with van der Waals surface area (Å²) in [4.78, 5) is 23.3. The van der Waals surface area contributed by atoms with E-state index in [0.717, 1.165) is 23.6 Å². The lowest BCUT2D eigenvalue weighted by Crippen LogP contribution is -2.28. The summed E-state index contributed by atoms with van der Waals surface area (Å²) in [5.41, 5.74) is 3.01. The molecule has 0 atom stereocenters. The summed E-state index contributed by atoms with van der Waals surface area (Å²) in [5, 5.41) is 3.87. The first-order valence-electron chi connectivity index (χ1n) is 8.25. The average Bonchev–Trinajstić information content (AvgIpc) is 2.94. The molecule has 0 aliphatic heterocycles. The molecular weight excluding hydrogens is 288 g/mol. The van der Waals surface area contributed by atoms with Crippen LogP contribution in [0.25, 0.3) is 10.9 Å². The summed E-state index contributed by atoms with van der Waals surface area (Å²) >= 11 is 0. The predicted molar refractivity (Wildman–Crippen MR) is 91.5 cm³/mol. The number of carbonyl (C=O) groups is 2. The lowest BCUT2D eigenvalue weighted by molar-refractivity contribution is -0.121. The molecule has 4 nitrogen and oxygen atoms in total. The maximum Gasteiger partial charge on any atom is 0.239 e. The van der Waals surface area contributed by atoms with Crippen LogP contribution in [0.3, 0.4) is 0 Å². The van der Waals surface area contributed by atoms with E-state index < -0.39 is 0 Å². The fourth-order valence-corrected chi connectivity index (χ4v) is 3.20. The van der Waals surface area contributed by atoms with Gasteiger partial charge in [0, 0.05) is 29.2 Å². The summed E-state index contributed by atoms with van der Waals surface area (Å²) in [5.74, 6) is -0.0142. The second-order valence-corrected chi connectivity index (χ2v) is 6.06. The minimum atomic E-state index is -0.0142. The van der Waals surface area contributed by atoms with Crippen molar-refractivity contribution in [2.45, 2.75) is 38.6 Å². The molecule has 0 saturated carbocycles. The lowest BCUT2D eigenvalue weighted by Gasteiger charge is -2.13. The van der Waals surface area contributed by atoms with Gasteiger partial charge < -0.3 is 9.88 Å². The van der Waals surface area contributed by atoms with Crippen LogP contribution >= 0.6 is 0 Å². The van der Waals surface area contributed by atoms with E-state index in [4.69, 9.17) is 0 Å². The smallest absolute Gasteiger partial charge is 0.239 e. The van der Waals surface area contributed by atoms with E-state index in [0.29, 0.717) is 12.1 Å². The third kappa shape index (κ3) is 3.70. The van der Waals surface area contributed by atoms with Crippen LogP contribution in [-0.4, -0.2) is 23.3 Å². The molecule has 1 N–H and O–H groups in total. The topological polar surface area (TPSA) is 51.1 Å². The van der Waals surface area contributed by atoms with Gasteiger partial charge in [-0.3, -0.25) is 9.59 Å². The number of hydrogen-bond acceptors (Lipinski definition) is 2. The molecule has 23 heavy (non-hydrogen) atoms. The highest BCUT2D eigenvalue weighted by Gasteiger charge is 2.10. The van der Waals surface area contributed by atoms with Crippen molar-refractivity contribution in [3.8, 4) is 0 Å². The third-order valence-corrected chi connectivity index (χ3v) is 4.41. The Morgan fingerprint density at radius 1 is 1.26 bits per heavy atom. The van der Waals surface area contributed by atoms with Gasteiger partial charge in [-0.15, -0.1) is 0 Å². The Labute approximate surface area is 136 Å². The van der Waals surface area contributed by atoms with E-state index in [2.05, 4.69) is 11.4 Å². The van der Waals surface area contributed by atoms with Gasteiger partial charge in [-0.25, -0.2) is 0 Å². The molecule has 120 valence electrons. The number of rotatable bonds is 6. The number of aldehydes is 1.